The molecule has 4 fully saturated rings. The van der Waals surface area contributed by atoms with Crippen molar-refractivity contribution in [2.75, 3.05) is 80.9 Å². The number of hydrogen-bond donors (Lipinski definition) is 7. The maximum absolute atomic E-state index is 12.3. The first-order valence-corrected chi connectivity index (χ1v) is 41.2. The van der Waals surface area contributed by atoms with Crippen LogP contribution in [0.1, 0.15) is 107 Å². The zero-order valence-electron chi connectivity index (χ0n) is 59.7. The van der Waals surface area contributed by atoms with Gasteiger partial charge in [-0.25, -0.2) is 23.8 Å². The van der Waals surface area contributed by atoms with E-state index in [1.165, 1.54) is 102 Å². The van der Waals surface area contributed by atoms with Gasteiger partial charge in [0.15, 0.2) is 0 Å². The zero-order valence-corrected chi connectivity index (χ0v) is 62.1. The highest BCUT2D eigenvalue weighted by atomic mass is 31.2. The number of nitriles is 1. The minimum Gasteiger partial charge on any atom is -0.400 e. The zero-order chi connectivity index (χ0) is 75.6. The summed E-state index contributed by atoms with van der Waals surface area (Å²) in [6.07, 6.45) is 6.28. The first-order chi connectivity index (χ1) is 46.7. The van der Waals surface area contributed by atoms with E-state index in [4.69, 9.17) is 41.2 Å². The van der Waals surface area contributed by atoms with Gasteiger partial charge in [0.25, 0.3) is 30.8 Å². The number of ether oxygens (including phenoxy) is 4. The van der Waals surface area contributed by atoms with Crippen LogP contribution in [0.15, 0.2) is 111 Å². The number of aliphatic hydroxyl groups is 3. The molecule has 0 aliphatic carbocycles. The maximum atomic E-state index is 12.3. The number of nitrogens with zero attached hydrogens (tertiary/aromatic N) is 6. The average molecular weight is 1490 g/mol. The van der Waals surface area contributed by atoms with Gasteiger partial charge in [-0.15, -0.1) is 0 Å². The average Bonchev–Trinajstić information content (AvgIpc) is 1.69. The number of hydrogen-bond acceptors (Lipinski definition) is 26. The number of aromatic nitrogens is 8. The van der Waals surface area contributed by atoms with E-state index < -0.39 is 132 Å². The normalized spacial score (nSPS) is 25.1. The number of rotatable bonds is 22. The van der Waals surface area contributed by atoms with Gasteiger partial charge in [0.2, 0.25) is 8.80 Å². The van der Waals surface area contributed by atoms with Gasteiger partial charge in [0.05, 0.1) is 56.2 Å². The molecule has 34 nitrogen and oxygen atoms in total. The lowest BCUT2D eigenvalue weighted by molar-refractivity contribution is -0.0313. The summed E-state index contributed by atoms with van der Waals surface area (Å²) >= 11 is 0. The van der Waals surface area contributed by atoms with Gasteiger partial charge in [0, 0.05) is 110 Å². The molecule has 4 aromatic rings. The number of aliphatic hydroxyl groups excluding tert-OH is 3. The van der Waals surface area contributed by atoms with Crippen LogP contribution in [0.3, 0.4) is 0 Å². The fourth-order valence-electron chi connectivity index (χ4n) is 9.67. The smallest absolute Gasteiger partial charge is 0.339 e. The third kappa shape index (κ3) is 28.2. The summed E-state index contributed by atoms with van der Waals surface area (Å²) < 4.78 is 116. The maximum Gasteiger partial charge on any atom is 0.339 e. The van der Waals surface area contributed by atoms with Crippen LogP contribution in [0.5, 0.6) is 0 Å². The molecule has 14 atom stereocenters. The minimum atomic E-state index is -3.21. The molecule has 0 bridgehead atoms. The summed E-state index contributed by atoms with van der Waals surface area (Å²) in [5, 5.41) is 31.0. The predicted molar refractivity (Wildman–Crippen MR) is 369 cm³/mol. The van der Waals surface area contributed by atoms with Gasteiger partial charge < -0.3 is 66.0 Å². The summed E-state index contributed by atoms with van der Waals surface area (Å²) in [5.74, 6) is 3.51. The molecular weight excluding hydrogens is 1390 g/mol. The van der Waals surface area contributed by atoms with Crippen molar-refractivity contribution in [3.63, 3.8) is 0 Å². The highest BCUT2D eigenvalue weighted by molar-refractivity contribution is 7.73. The molecule has 0 saturated carbocycles. The van der Waals surface area contributed by atoms with E-state index >= 15 is 0 Å². The lowest BCUT2D eigenvalue weighted by atomic mass is 10.0. The Morgan fingerprint density at radius 3 is 1.43 bits per heavy atom. The van der Waals surface area contributed by atoms with Crippen molar-refractivity contribution in [3.05, 3.63) is 156 Å². The van der Waals surface area contributed by atoms with Gasteiger partial charge in [-0.05, 0) is 104 Å². The molecule has 4 aliphatic heterocycles. The fraction of sp³-hybridized carbons (Fsp3) is 0.644. The molecule has 0 amide bonds. The molecule has 7 N–H and O–H groups in total. The quantitative estimate of drug-likeness (QED) is 0.0379. The second-order valence-corrected chi connectivity index (χ2v) is 37.4. The molecule has 0 aromatic carbocycles. The Kier molecular flexibility index (Phi) is 34.2. The van der Waals surface area contributed by atoms with Crippen LogP contribution in [-0.4, -0.2) is 189 Å². The number of nitrogens with one attached hydrogen (secondary N) is 4. The van der Waals surface area contributed by atoms with E-state index in [9.17, 15) is 61.7 Å². The second kappa shape index (κ2) is 40.2. The highest BCUT2D eigenvalue weighted by Gasteiger charge is 2.41. The largest absolute Gasteiger partial charge is 0.400 e. The van der Waals surface area contributed by atoms with Crippen LogP contribution in [-0.2, 0) is 59.8 Å². The van der Waals surface area contributed by atoms with Crippen LogP contribution in [0, 0.1) is 23.2 Å². The Labute approximate surface area is 570 Å². The molecule has 98 heavy (non-hydrogen) atoms. The van der Waals surface area contributed by atoms with Crippen molar-refractivity contribution in [1.29, 1.82) is 6.69 Å². The summed E-state index contributed by atoms with van der Waals surface area (Å²) in [6.45, 7) is 20.3. The summed E-state index contributed by atoms with van der Waals surface area (Å²) in [4.78, 5) is 99.9. The van der Waals surface area contributed by atoms with E-state index in [2.05, 4.69) is 49.4 Å². The van der Waals surface area contributed by atoms with Crippen molar-refractivity contribution in [2.45, 2.75) is 154 Å². The molecule has 552 valence electrons. The molecule has 4 aromatic heterocycles. The van der Waals surface area contributed by atoms with E-state index in [1.807, 2.05) is 47.6 Å². The number of H-pyrrole nitrogens is 4. The van der Waals surface area contributed by atoms with Crippen molar-refractivity contribution in [2.24, 2.45) is 11.8 Å². The van der Waals surface area contributed by atoms with Gasteiger partial charge in [-0.2, -0.15) is 5.26 Å². The first kappa shape index (κ1) is 83.2. The van der Waals surface area contributed by atoms with Crippen LogP contribution < -0.4 is 45.0 Å². The monoisotopic (exact) mass is 1490 g/mol. The van der Waals surface area contributed by atoms with Crippen LogP contribution in [0.25, 0.3) is 0 Å². The lowest BCUT2D eigenvalue weighted by Gasteiger charge is -2.37. The molecule has 2 unspecified atom stereocenters. The SMILES string of the molecule is CC(C)N(C(C)C)P(OCCC#N)O[C@H]1C[C@H](n2ccc(=O)[nH]c2=O)O[C@@H]1/C=C/P(C)(C)=O.COP(C)(=O)CP(=O)(OC)OC.C[C@H]1C[C@H](n2ccc(=O)[nH]c2=O)O[C@@H]1/C=C/P(C)(C)=O.C[C@H]1C[C@H](n2ccc(=O)[nH]c2=O)O[C@@H]1CO.[2H]C[C@H]1O[C@@H](n2ccc(=O)[nH]c2=O)C[C@@H]1O.[3H]OC. The standard InChI is InChI=1S/C21H34N4O6P2.C13H19N2O4P.C10H14N2O4.C9H12N2O4.C5H14O5P2.CH4O/c1-15(2)25(16(3)4)32(29-12-7-10-22)31-18-14-20(24-11-8-19(26)23-21(24)27)30-17(18)9-13-33(5,6)28;1-9-8-12(15-6-4-11(16)14-13(15)17)19-10(9)5-7-20(2,3)18;1-6-4-9(16-7(6)5-13)12-3-2-8(14)11-10(12)15;1-5-6(12)4-8(15-5)11-3-2-7(13)10-9(11)14;1-8-11(4,6)5-12(7,9-2)10-3;1-2/h8-9,11,13,15-18,20H,7,12,14H2,1-6H3,(H,23,26,27);4-7,9-10,12H,8H2,1-3H3,(H,14,16,17);2-3,6-7,9,13H,4-5H2,1H3,(H,11,14,15);2-3,5-6,8,12H,4H2,1H3,(H,10,13,14);5H2,1-4H3;2H,1H3/b13-9+;7-5+;;;;/t17-,18+,20-,32?;9-,10+,12+;6-,7+,9+;5-,6+,8-;;/m1001../s1/i;;;1D;;2T. The van der Waals surface area contributed by atoms with Crippen molar-refractivity contribution >= 4 is 37.8 Å². The summed E-state index contributed by atoms with van der Waals surface area (Å²) in [6, 6.07) is 7.37. The minimum absolute atomic E-state index is 0.0598. The van der Waals surface area contributed by atoms with Gasteiger partial charge in [-0.3, -0.25) is 66.5 Å². The van der Waals surface area contributed by atoms with Gasteiger partial charge in [0.1, 0.15) is 51.2 Å². The predicted octanol–water partition coefficient (Wildman–Crippen LogP) is 5.47. The van der Waals surface area contributed by atoms with E-state index in [0.717, 1.165) is 0 Å². The molecule has 4 aliphatic rings. The topological polar surface area (TPSA) is 459 Å². The highest BCUT2D eigenvalue weighted by Crippen LogP contribution is 2.60. The summed E-state index contributed by atoms with van der Waals surface area (Å²) in [5.41, 5.74) is -3.93. The molecular formula is C59H97N10O24P5. The summed E-state index contributed by atoms with van der Waals surface area (Å²) in [7, 11) is -7.19. The Morgan fingerprint density at radius 2 is 1.07 bits per heavy atom. The lowest BCUT2D eigenvalue weighted by Crippen LogP contribution is -2.35. The molecule has 8 rings (SSSR count). The van der Waals surface area contributed by atoms with Crippen LogP contribution in [0.2, 0.25) is 0 Å². The Balaban J connectivity index is 0.000000337. The molecule has 0 radical (unpaired) electrons. The van der Waals surface area contributed by atoms with Gasteiger partial charge >= 0.3 is 30.4 Å². The molecule has 39 heteroatoms. The van der Waals surface area contributed by atoms with Crippen molar-refractivity contribution in [1.82, 2.24) is 42.9 Å². The van der Waals surface area contributed by atoms with Crippen molar-refractivity contribution < 1.29 is 76.5 Å². The molecule has 0 spiro atoms. The van der Waals surface area contributed by atoms with Crippen LogP contribution in [0.4, 0.5) is 0 Å². The Bertz CT molecular complexity index is 3920. The van der Waals surface area contributed by atoms with E-state index in [1.54, 1.807) is 44.4 Å². The first-order valence-electron chi connectivity index (χ1n) is 31.8. The van der Waals surface area contributed by atoms with Crippen molar-refractivity contribution in [3.8, 4) is 6.07 Å². The molecule has 4 saturated heterocycles. The second-order valence-electron chi connectivity index (χ2n) is 24.1. The third-order valence-corrected chi connectivity index (χ3v) is 23.9. The van der Waals surface area contributed by atoms with E-state index in [-0.39, 0.29) is 75.0 Å². The molecule has 8 heterocycles. The van der Waals surface area contributed by atoms with Crippen LogP contribution >= 0.6 is 37.8 Å². The number of aromatic amines is 4. The van der Waals surface area contributed by atoms with Gasteiger partial charge in [-0.1, -0.05) is 19.9 Å². The van der Waals surface area contributed by atoms with E-state index in [0.29, 0.717) is 19.3 Å². The third-order valence-electron chi connectivity index (χ3n) is 14.7. The Morgan fingerprint density at radius 1 is 0.673 bits per heavy atom. The fourth-order valence-corrected chi connectivity index (χ4v) is 16.6. The Hall–Kier alpha value is -5.48.